The minimum absolute atomic E-state index is 0.0798. The highest BCUT2D eigenvalue weighted by molar-refractivity contribution is 5.49. The van der Waals surface area contributed by atoms with Crippen molar-refractivity contribution < 1.29 is 19.3 Å². The van der Waals surface area contributed by atoms with E-state index in [2.05, 4.69) is 43.3 Å². The lowest BCUT2D eigenvalue weighted by Gasteiger charge is -2.37. The van der Waals surface area contributed by atoms with Gasteiger partial charge in [-0.1, -0.05) is 80.8 Å². The minimum Gasteiger partial charge on any atom is -0.497 e. The second-order valence-corrected chi connectivity index (χ2v) is 8.36. The van der Waals surface area contributed by atoms with Crippen molar-refractivity contribution in [2.45, 2.75) is 38.2 Å². The zero-order valence-corrected chi connectivity index (χ0v) is 20.0. The minimum atomic E-state index is -0.835. The number of methoxy groups -OCH3 is 2. The van der Waals surface area contributed by atoms with Crippen LogP contribution >= 0.6 is 0 Å². The van der Waals surface area contributed by atoms with Crippen molar-refractivity contribution in [3.05, 3.63) is 95.6 Å². The Kier molecular flexibility index (Phi) is 9.35. The Hall–Kier alpha value is -2.82. The maximum Gasteiger partial charge on any atom is 0.143 e. The Morgan fingerprint density at radius 3 is 1.70 bits per heavy atom. The summed E-state index contributed by atoms with van der Waals surface area (Å²) in [5.41, 5.74) is 2.21. The summed E-state index contributed by atoms with van der Waals surface area (Å²) >= 11 is 0. The van der Waals surface area contributed by atoms with Crippen LogP contribution in [-0.4, -0.2) is 32.5 Å². The van der Waals surface area contributed by atoms with Crippen molar-refractivity contribution in [2.75, 3.05) is 27.4 Å². The highest BCUT2D eigenvalue weighted by Crippen LogP contribution is 2.42. The normalized spacial score (nSPS) is 12.4. The standard InChI is InChI=1S/C29H36O4/c1-4-5-7-10-23(21-30)22-33-29(24-11-8-6-9-12-24,25-13-17-27(31-2)18-14-25)26-15-19-28(32-3)20-16-26/h6,8-9,11-20,23,30H,4-5,7,10,21-22H2,1-3H3. The van der Waals surface area contributed by atoms with Crippen LogP contribution in [0.1, 0.15) is 49.3 Å². The monoisotopic (exact) mass is 448 g/mol. The molecule has 0 saturated carbocycles. The van der Waals surface area contributed by atoms with Crippen LogP contribution in [0, 0.1) is 5.92 Å². The fourth-order valence-electron chi connectivity index (χ4n) is 4.23. The predicted molar refractivity (Wildman–Crippen MR) is 133 cm³/mol. The van der Waals surface area contributed by atoms with E-state index in [1.54, 1.807) is 14.2 Å². The predicted octanol–water partition coefficient (Wildman–Crippen LogP) is 6.20. The molecule has 0 radical (unpaired) electrons. The van der Waals surface area contributed by atoms with Gasteiger partial charge in [0, 0.05) is 12.5 Å². The first-order valence-corrected chi connectivity index (χ1v) is 11.8. The topological polar surface area (TPSA) is 47.9 Å². The maximum atomic E-state index is 10.1. The van der Waals surface area contributed by atoms with E-state index in [1.807, 2.05) is 42.5 Å². The molecule has 0 aliphatic carbocycles. The van der Waals surface area contributed by atoms with E-state index >= 15 is 0 Å². The average Bonchev–Trinajstić information content (AvgIpc) is 2.89. The average molecular weight is 449 g/mol. The molecule has 0 spiro atoms. The van der Waals surface area contributed by atoms with Gasteiger partial charge >= 0.3 is 0 Å². The molecule has 0 aliphatic heterocycles. The summed E-state index contributed by atoms with van der Waals surface area (Å²) in [5, 5.41) is 10.1. The van der Waals surface area contributed by atoms with Gasteiger partial charge in [-0.05, 0) is 47.4 Å². The number of aliphatic hydroxyl groups is 1. The summed E-state index contributed by atoms with van der Waals surface area (Å²) in [6.45, 7) is 2.76. The second-order valence-electron chi connectivity index (χ2n) is 8.36. The van der Waals surface area contributed by atoms with Gasteiger partial charge in [0.2, 0.25) is 0 Å². The van der Waals surface area contributed by atoms with Crippen molar-refractivity contribution in [2.24, 2.45) is 5.92 Å². The lowest BCUT2D eigenvalue weighted by molar-refractivity contribution is -0.0205. The first kappa shape index (κ1) is 24.8. The van der Waals surface area contributed by atoms with Crippen LogP contribution in [0.5, 0.6) is 11.5 Å². The molecule has 4 nitrogen and oxygen atoms in total. The summed E-state index contributed by atoms with van der Waals surface area (Å²) in [5.74, 6) is 1.67. The van der Waals surface area contributed by atoms with Gasteiger partial charge in [-0.2, -0.15) is 0 Å². The van der Waals surface area contributed by atoms with Gasteiger partial charge in [0.1, 0.15) is 17.1 Å². The van der Waals surface area contributed by atoms with Gasteiger partial charge in [-0.25, -0.2) is 0 Å². The Balaban J connectivity index is 2.09. The molecule has 0 fully saturated rings. The number of aliphatic hydroxyl groups excluding tert-OH is 1. The smallest absolute Gasteiger partial charge is 0.143 e. The molecule has 0 amide bonds. The third-order valence-corrected chi connectivity index (χ3v) is 6.18. The van der Waals surface area contributed by atoms with Gasteiger partial charge < -0.3 is 19.3 Å². The quantitative estimate of drug-likeness (QED) is 0.250. The molecule has 33 heavy (non-hydrogen) atoms. The number of hydrogen-bond donors (Lipinski definition) is 1. The Morgan fingerprint density at radius 2 is 1.24 bits per heavy atom. The first-order valence-electron chi connectivity index (χ1n) is 11.8. The molecule has 4 heteroatoms. The molecule has 1 atom stereocenters. The fraction of sp³-hybridized carbons (Fsp3) is 0.379. The Bertz CT molecular complexity index is 888. The highest BCUT2D eigenvalue weighted by atomic mass is 16.5. The van der Waals surface area contributed by atoms with E-state index < -0.39 is 5.60 Å². The first-order chi connectivity index (χ1) is 16.2. The highest BCUT2D eigenvalue weighted by Gasteiger charge is 2.38. The molecule has 0 bridgehead atoms. The summed E-state index contributed by atoms with van der Waals surface area (Å²) < 4.78 is 17.7. The summed E-state index contributed by atoms with van der Waals surface area (Å²) in [7, 11) is 3.34. The van der Waals surface area contributed by atoms with Gasteiger partial charge in [0.05, 0.1) is 20.8 Å². The van der Waals surface area contributed by atoms with Crippen molar-refractivity contribution in [1.29, 1.82) is 0 Å². The lowest BCUT2D eigenvalue weighted by Crippen LogP contribution is -2.35. The fourth-order valence-corrected chi connectivity index (χ4v) is 4.23. The van der Waals surface area contributed by atoms with Gasteiger partial charge in [-0.3, -0.25) is 0 Å². The molecule has 3 aromatic rings. The zero-order valence-electron chi connectivity index (χ0n) is 20.0. The van der Waals surface area contributed by atoms with Crippen LogP contribution in [0.25, 0.3) is 0 Å². The summed E-state index contributed by atoms with van der Waals surface area (Å²) in [6.07, 6.45) is 4.36. The number of ether oxygens (including phenoxy) is 3. The zero-order chi connectivity index (χ0) is 23.5. The van der Waals surface area contributed by atoms with Crippen molar-refractivity contribution in [3.8, 4) is 11.5 Å². The van der Waals surface area contributed by atoms with Gasteiger partial charge in [-0.15, -0.1) is 0 Å². The molecule has 3 aromatic carbocycles. The van der Waals surface area contributed by atoms with Crippen molar-refractivity contribution in [3.63, 3.8) is 0 Å². The molecule has 176 valence electrons. The molecule has 0 saturated heterocycles. The molecule has 0 aliphatic rings. The third kappa shape index (κ3) is 5.95. The number of unbranched alkanes of at least 4 members (excludes halogenated alkanes) is 2. The van der Waals surface area contributed by atoms with E-state index in [0.717, 1.165) is 53.9 Å². The molecule has 0 heterocycles. The number of hydrogen-bond acceptors (Lipinski definition) is 4. The van der Waals surface area contributed by atoms with Crippen LogP contribution in [-0.2, 0) is 10.3 Å². The summed E-state index contributed by atoms with van der Waals surface area (Å²) in [4.78, 5) is 0. The van der Waals surface area contributed by atoms with E-state index in [9.17, 15) is 5.11 Å². The lowest BCUT2D eigenvalue weighted by atomic mass is 9.79. The summed E-state index contributed by atoms with van der Waals surface area (Å²) in [6, 6.07) is 26.3. The van der Waals surface area contributed by atoms with Gasteiger partial charge in [0.15, 0.2) is 0 Å². The molecular formula is C29H36O4. The van der Waals surface area contributed by atoms with Crippen molar-refractivity contribution >= 4 is 0 Å². The Labute approximate surface area is 198 Å². The van der Waals surface area contributed by atoms with Crippen LogP contribution in [0.3, 0.4) is 0 Å². The van der Waals surface area contributed by atoms with Crippen LogP contribution in [0.15, 0.2) is 78.9 Å². The van der Waals surface area contributed by atoms with Crippen LogP contribution in [0.2, 0.25) is 0 Å². The molecule has 3 rings (SSSR count). The number of benzene rings is 3. The SMILES string of the molecule is CCCCCC(CO)COC(c1ccccc1)(c1ccc(OC)cc1)c1ccc(OC)cc1. The third-order valence-electron chi connectivity index (χ3n) is 6.18. The van der Waals surface area contributed by atoms with E-state index in [1.165, 1.54) is 0 Å². The molecule has 1 unspecified atom stereocenters. The van der Waals surface area contributed by atoms with Crippen LogP contribution in [0.4, 0.5) is 0 Å². The number of rotatable bonds is 13. The Morgan fingerprint density at radius 1 is 0.727 bits per heavy atom. The second kappa shape index (κ2) is 12.4. The maximum absolute atomic E-state index is 10.1. The van der Waals surface area contributed by atoms with E-state index in [0.29, 0.717) is 6.61 Å². The van der Waals surface area contributed by atoms with E-state index in [-0.39, 0.29) is 12.5 Å². The van der Waals surface area contributed by atoms with Crippen molar-refractivity contribution in [1.82, 2.24) is 0 Å². The molecule has 1 N–H and O–H groups in total. The molecule has 0 aromatic heterocycles. The van der Waals surface area contributed by atoms with E-state index in [4.69, 9.17) is 14.2 Å². The van der Waals surface area contributed by atoms with Crippen LogP contribution < -0.4 is 9.47 Å². The van der Waals surface area contributed by atoms with Gasteiger partial charge in [0.25, 0.3) is 0 Å². The largest absolute Gasteiger partial charge is 0.497 e. The molecular weight excluding hydrogens is 412 g/mol.